The summed E-state index contributed by atoms with van der Waals surface area (Å²) >= 11 is 6.08. The molecule has 1 N–H and O–H groups in total. The van der Waals surface area contributed by atoms with Gasteiger partial charge in [-0.25, -0.2) is 0 Å². The van der Waals surface area contributed by atoms with Crippen LogP contribution in [0.4, 0.5) is 11.4 Å². The average Bonchev–Trinajstić information content (AvgIpc) is 2.48. The molecule has 2 aromatic rings. The second-order valence-electron chi connectivity index (χ2n) is 4.80. The largest absolute Gasteiger partial charge is 0.381 e. The van der Waals surface area contributed by atoms with Crippen LogP contribution in [0.2, 0.25) is 5.02 Å². The first-order valence-electron chi connectivity index (χ1n) is 6.51. The standard InChI is InChI=1S/C15H15ClN2O3S/c1-22(21)10-12-8-13(4-7-15(12)16)17-9-11-2-5-14(6-3-11)18(19)20/h2-8,17H,9-10H2,1H3. The molecule has 116 valence electrons. The Bertz CT molecular complexity index is 704. The average molecular weight is 339 g/mol. The molecule has 2 aromatic carbocycles. The quantitative estimate of drug-likeness (QED) is 0.643. The van der Waals surface area contributed by atoms with Crippen molar-refractivity contribution < 1.29 is 9.13 Å². The van der Waals surface area contributed by atoms with Gasteiger partial charge in [0.25, 0.3) is 5.69 Å². The molecule has 0 aliphatic heterocycles. The number of nitrogens with zero attached hydrogens (tertiary/aromatic N) is 1. The number of benzene rings is 2. The minimum atomic E-state index is -0.958. The van der Waals surface area contributed by atoms with Crippen LogP contribution in [-0.4, -0.2) is 15.4 Å². The van der Waals surface area contributed by atoms with Gasteiger partial charge >= 0.3 is 0 Å². The van der Waals surface area contributed by atoms with Crippen LogP contribution in [0.3, 0.4) is 0 Å². The fourth-order valence-corrected chi connectivity index (χ4v) is 2.89. The summed E-state index contributed by atoms with van der Waals surface area (Å²) in [6, 6.07) is 11.9. The highest BCUT2D eigenvalue weighted by Crippen LogP contribution is 2.22. The lowest BCUT2D eigenvalue weighted by Crippen LogP contribution is -2.01. The summed E-state index contributed by atoms with van der Waals surface area (Å²) in [6.07, 6.45) is 1.63. The fourth-order valence-electron chi connectivity index (χ4n) is 1.95. The molecule has 22 heavy (non-hydrogen) atoms. The molecule has 5 nitrogen and oxygen atoms in total. The van der Waals surface area contributed by atoms with Crippen molar-refractivity contribution in [1.29, 1.82) is 0 Å². The summed E-state index contributed by atoms with van der Waals surface area (Å²) < 4.78 is 11.3. The van der Waals surface area contributed by atoms with Crippen LogP contribution < -0.4 is 5.32 Å². The summed E-state index contributed by atoms with van der Waals surface area (Å²) in [4.78, 5) is 10.2. The molecule has 1 unspecified atom stereocenters. The minimum Gasteiger partial charge on any atom is -0.381 e. The van der Waals surface area contributed by atoms with Gasteiger partial charge in [-0.05, 0) is 29.3 Å². The number of hydrogen-bond acceptors (Lipinski definition) is 4. The molecule has 0 heterocycles. The highest BCUT2D eigenvalue weighted by molar-refractivity contribution is 7.83. The van der Waals surface area contributed by atoms with Crippen LogP contribution >= 0.6 is 11.6 Å². The number of nitrogens with one attached hydrogen (secondary N) is 1. The third kappa shape index (κ3) is 4.54. The molecule has 2 rings (SSSR count). The molecule has 0 fully saturated rings. The number of nitro groups is 1. The number of non-ortho nitro benzene ring substituents is 1. The Morgan fingerprint density at radius 3 is 2.50 bits per heavy atom. The Hall–Kier alpha value is -1.92. The molecule has 0 saturated carbocycles. The first-order chi connectivity index (χ1) is 10.5. The van der Waals surface area contributed by atoms with Gasteiger partial charge in [-0.1, -0.05) is 23.7 Å². The van der Waals surface area contributed by atoms with Crippen molar-refractivity contribution in [2.45, 2.75) is 12.3 Å². The van der Waals surface area contributed by atoms with Gasteiger partial charge in [-0.3, -0.25) is 14.3 Å². The Kier molecular flexibility index (Phi) is 5.51. The van der Waals surface area contributed by atoms with Crippen molar-refractivity contribution in [2.24, 2.45) is 0 Å². The van der Waals surface area contributed by atoms with Gasteiger partial charge in [0.15, 0.2) is 0 Å². The highest BCUT2D eigenvalue weighted by atomic mass is 35.5. The van der Waals surface area contributed by atoms with E-state index in [9.17, 15) is 14.3 Å². The van der Waals surface area contributed by atoms with Crippen LogP contribution in [0.15, 0.2) is 42.5 Å². The molecule has 0 spiro atoms. The zero-order valence-corrected chi connectivity index (χ0v) is 13.5. The predicted octanol–water partition coefficient (Wildman–Crippen LogP) is 3.74. The SMILES string of the molecule is CS(=O)Cc1cc(NCc2ccc([N+](=O)[O-])cc2)ccc1Cl. The van der Waals surface area contributed by atoms with Crippen molar-refractivity contribution in [3.05, 3.63) is 68.7 Å². The topological polar surface area (TPSA) is 72.2 Å². The van der Waals surface area contributed by atoms with Gasteiger partial charge in [0.1, 0.15) is 0 Å². The van der Waals surface area contributed by atoms with Crippen molar-refractivity contribution in [1.82, 2.24) is 0 Å². The third-order valence-corrected chi connectivity index (χ3v) is 4.13. The smallest absolute Gasteiger partial charge is 0.269 e. The van der Waals surface area contributed by atoms with Gasteiger partial charge in [0.2, 0.25) is 0 Å². The molecule has 0 amide bonds. The molecule has 0 aliphatic carbocycles. The summed E-state index contributed by atoms with van der Waals surface area (Å²) in [5.41, 5.74) is 2.70. The first kappa shape index (κ1) is 16.5. The number of rotatable bonds is 6. The van der Waals surface area contributed by atoms with Crippen molar-refractivity contribution in [3.8, 4) is 0 Å². The lowest BCUT2D eigenvalue weighted by atomic mass is 10.2. The van der Waals surface area contributed by atoms with E-state index in [0.717, 1.165) is 16.8 Å². The molecule has 1 atom stereocenters. The second-order valence-corrected chi connectivity index (χ2v) is 6.64. The van der Waals surface area contributed by atoms with Crippen molar-refractivity contribution >= 4 is 33.8 Å². The van der Waals surface area contributed by atoms with Gasteiger partial charge in [-0.2, -0.15) is 0 Å². The van der Waals surface area contributed by atoms with Gasteiger partial charge < -0.3 is 5.32 Å². The molecular formula is C15H15ClN2O3S. The highest BCUT2D eigenvalue weighted by Gasteiger charge is 2.06. The van der Waals surface area contributed by atoms with E-state index in [2.05, 4.69) is 5.32 Å². The van der Waals surface area contributed by atoms with E-state index in [4.69, 9.17) is 11.6 Å². The Morgan fingerprint density at radius 2 is 1.91 bits per heavy atom. The van der Waals surface area contributed by atoms with Crippen LogP contribution in [0.1, 0.15) is 11.1 Å². The normalized spacial score (nSPS) is 11.9. The molecule has 0 radical (unpaired) electrons. The number of nitro benzene ring substituents is 1. The molecule has 0 aliphatic rings. The minimum absolute atomic E-state index is 0.0722. The summed E-state index contributed by atoms with van der Waals surface area (Å²) in [5.74, 6) is 0.409. The Labute approximate surface area is 135 Å². The maximum Gasteiger partial charge on any atom is 0.269 e. The molecule has 0 saturated heterocycles. The van der Waals surface area contributed by atoms with Crippen molar-refractivity contribution in [3.63, 3.8) is 0 Å². The first-order valence-corrected chi connectivity index (χ1v) is 8.62. The lowest BCUT2D eigenvalue weighted by Gasteiger charge is -2.09. The van der Waals surface area contributed by atoms with Crippen molar-refractivity contribution in [2.75, 3.05) is 11.6 Å². The second kappa shape index (κ2) is 7.38. The molecule has 0 aromatic heterocycles. The Balaban J connectivity index is 2.04. The monoisotopic (exact) mass is 338 g/mol. The van der Waals surface area contributed by atoms with E-state index in [1.54, 1.807) is 24.5 Å². The van der Waals surface area contributed by atoms with Gasteiger partial charge in [-0.15, -0.1) is 0 Å². The number of anilines is 1. The summed E-state index contributed by atoms with van der Waals surface area (Å²) in [7, 11) is -0.958. The molecular weight excluding hydrogens is 324 g/mol. The van der Waals surface area contributed by atoms with E-state index in [1.807, 2.05) is 12.1 Å². The molecule has 7 heteroatoms. The van der Waals surface area contributed by atoms with E-state index in [-0.39, 0.29) is 5.69 Å². The fraction of sp³-hybridized carbons (Fsp3) is 0.200. The van der Waals surface area contributed by atoms with E-state index in [0.29, 0.717) is 17.3 Å². The zero-order valence-electron chi connectivity index (χ0n) is 11.9. The van der Waals surface area contributed by atoms with Crippen LogP contribution in [0.5, 0.6) is 0 Å². The third-order valence-electron chi connectivity index (χ3n) is 3.05. The van der Waals surface area contributed by atoms with Gasteiger partial charge in [0.05, 0.1) is 4.92 Å². The summed E-state index contributed by atoms with van der Waals surface area (Å²) in [5, 5.41) is 14.4. The number of halogens is 1. The van der Waals surface area contributed by atoms with E-state index < -0.39 is 15.7 Å². The summed E-state index contributed by atoms with van der Waals surface area (Å²) in [6.45, 7) is 0.536. The number of hydrogen-bond donors (Lipinski definition) is 1. The van der Waals surface area contributed by atoms with Gasteiger partial charge in [0, 0.05) is 52.2 Å². The van der Waals surface area contributed by atoms with E-state index in [1.165, 1.54) is 12.1 Å². The Morgan fingerprint density at radius 1 is 1.23 bits per heavy atom. The van der Waals surface area contributed by atoms with Crippen LogP contribution in [0, 0.1) is 10.1 Å². The molecule has 0 bridgehead atoms. The van der Waals surface area contributed by atoms with Crippen LogP contribution in [0.25, 0.3) is 0 Å². The predicted molar refractivity (Wildman–Crippen MR) is 89.6 cm³/mol. The zero-order chi connectivity index (χ0) is 16.1. The van der Waals surface area contributed by atoms with Crippen LogP contribution in [-0.2, 0) is 23.1 Å². The van der Waals surface area contributed by atoms with E-state index >= 15 is 0 Å². The lowest BCUT2D eigenvalue weighted by molar-refractivity contribution is -0.384. The maximum atomic E-state index is 11.3. The maximum absolute atomic E-state index is 11.3.